The third-order valence-electron chi connectivity index (χ3n) is 5.70. The minimum atomic E-state index is -3.81. The predicted octanol–water partition coefficient (Wildman–Crippen LogP) is 3.03. The van der Waals surface area contributed by atoms with Crippen molar-refractivity contribution in [2.24, 2.45) is 0 Å². The maximum atomic E-state index is 13.2. The van der Waals surface area contributed by atoms with Gasteiger partial charge in [0.2, 0.25) is 5.91 Å². The lowest BCUT2D eigenvalue weighted by molar-refractivity contribution is -0.121. The number of hydrogen-bond donors (Lipinski definition) is 1. The summed E-state index contributed by atoms with van der Waals surface area (Å²) < 4.78 is 27.5. The molecule has 2 aliphatic rings. The zero-order valence-electron chi connectivity index (χ0n) is 17.0. The molecule has 8 nitrogen and oxygen atoms in total. The molecule has 164 valence electrons. The number of aromatic nitrogens is 1. The van der Waals surface area contributed by atoms with Gasteiger partial charge in [0.25, 0.3) is 15.9 Å². The van der Waals surface area contributed by atoms with Gasteiger partial charge >= 0.3 is 0 Å². The summed E-state index contributed by atoms with van der Waals surface area (Å²) in [5.41, 5.74) is 2.54. The average Bonchev–Trinajstić information content (AvgIpc) is 3.40. The van der Waals surface area contributed by atoms with Crippen LogP contribution in [0.1, 0.15) is 18.4 Å². The second kappa shape index (κ2) is 8.03. The molecule has 1 atom stereocenters. The Morgan fingerprint density at radius 3 is 2.59 bits per heavy atom. The molecule has 5 rings (SSSR count). The molecule has 2 amide bonds. The van der Waals surface area contributed by atoms with Crippen LogP contribution in [0.25, 0.3) is 0 Å². The molecule has 1 fully saturated rings. The number of aryl methyl sites for hydroxylation is 1. The van der Waals surface area contributed by atoms with Crippen LogP contribution in [-0.2, 0) is 26.0 Å². The van der Waals surface area contributed by atoms with E-state index in [0.29, 0.717) is 12.2 Å². The Kier molecular flexibility index (Phi) is 5.18. The molecule has 0 radical (unpaired) electrons. The van der Waals surface area contributed by atoms with Crippen LogP contribution >= 0.6 is 11.3 Å². The number of hydrogen-bond acceptors (Lipinski definition) is 7. The van der Waals surface area contributed by atoms with Crippen molar-refractivity contribution in [3.8, 4) is 0 Å². The standard InChI is InChI=1S/C22H20N4O4S2/c27-20-14-19(25-12-3-5-15-4-1-2-6-18(15)25)21(28)26(20)16-7-9-17(10-8-16)32(29,30)24-22-23-11-13-31-22/h1-2,4,6-11,13,19H,3,5,12,14H2,(H,23,24). The number of para-hydroxylation sites is 1. The molecule has 0 bridgehead atoms. The van der Waals surface area contributed by atoms with Crippen LogP contribution in [-0.4, -0.2) is 37.8 Å². The summed E-state index contributed by atoms with van der Waals surface area (Å²) in [4.78, 5) is 33.2. The second-order valence-electron chi connectivity index (χ2n) is 7.65. The molecule has 1 saturated heterocycles. The number of rotatable bonds is 5. The number of carbonyl (C=O) groups excluding carboxylic acids is 2. The largest absolute Gasteiger partial charge is 0.359 e. The maximum Gasteiger partial charge on any atom is 0.263 e. The first-order valence-corrected chi connectivity index (χ1v) is 12.5. The maximum absolute atomic E-state index is 13.2. The van der Waals surface area contributed by atoms with Gasteiger partial charge in [-0.1, -0.05) is 18.2 Å². The van der Waals surface area contributed by atoms with Crippen molar-refractivity contribution in [1.29, 1.82) is 0 Å². The van der Waals surface area contributed by atoms with Gasteiger partial charge in [-0.25, -0.2) is 18.3 Å². The zero-order chi connectivity index (χ0) is 22.3. The predicted molar refractivity (Wildman–Crippen MR) is 122 cm³/mol. The van der Waals surface area contributed by atoms with Crippen LogP contribution in [0, 0.1) is 0 Å². The fourth-order valence-electron chi connectivity index (χ4n) is 4.24. The van der Waals surface area contributed by atoms with E-state index >= 15 is 0 Å². The monoisotopic (exact) mass is 468 g/mol. The van der Waals surface area contributed by atoms with Crippen molar-refractivity contribution in [3.63, 3.8) is 0 Å². The van der Waals surface area contributed by atoms with Gasteiger partial charge in [-0.2, -0.15) is 0 Å². The summed E-state index contributed by atoms with van der Waals surface area (Å²) in [6.07, 6.45) is 3.48. The fourth-order valence-corrected chi connectivity index (χ4v) is 6.03. The van der Waals surface area contributed by atoms with E-state index in [1.165, 1.54) is 47.4 Å². The Morgan fingerprint density at radius 1 is 1.06 bits per heavy atom. The van der Waals surface area contributed by atoms with Gasteiger partial charge in [0, 0.05) is 23.8 Å². The summed E-state index contributed by atoms with van der Waals surface area (Å²) in [6, 6.07) is 13.1. The fraction of sp³-hybridized carbons (Fsp3) is 0.227. The number of sulfonamides is 1. The number of thiazole rings is 1. The number of imide groups is 1. The Hall–Kier alpha value is -3.24. The number of amides is 2. The molecule has 0 saturated carbocycles. The SMILES string of the molecule is O=C1CC(N2CCCc3ccccc32)C(=O)N1c1ccc(S(=O)(=O)Nc2nccs2)cc1. The molecule has 3 aromatic rings. The van der Waals surface area contributed by atoms with Gasteiger partial charge in [0.05, 0.1) is 17.0 Å². The van der Waals surface area contributed by atoms with Gasteiger partial charge < -0.3 is 4.90 Å². The minimum absolute atomic E-state index is 0.0250. The van der Waals surface area contributed by atoms with E-state index in [-0.39, 0.29) is 28.3 Å². The molecule has 1 N–H and O–H groups in total. The lowest BCUT2D eigenvalue weighted by atomic mass is 9.99. The van der Waals surface area contributed by atoms with E-state index in [9.17, 15) is 18.0 Å². The minimum Gasteiger partial charge on any atom is -0.359 e. The third kappa shape index (κ3) is 3.65. The first-order valence-electron chi connectivity index (χ1n) is 10.2. The van der Waals surface area contributed by atoms with Crippen LogP contribution in [0.3, 0.4) is 0 Å². The number of benzene rings is 2. The second-order valence-corrected chi connectivity index (χ2v) is 10.2. The number of nitrogens with zero attached hydrogens (tertiary/aromatic N) is 3. The Bertz CT molecular complexity index is 1270. The highest BCUT2D eigenvalue weighted by Crippen LogP contribution is 2.34. The van der Waals surface area contributed by atoms with Gasteiger partial charge in [-0.05, 0) is 48.7 Å². The summed E-state index contributed by atoms with van der Waals surface area (Å²) in [5, 5.41) is 1.94. The molecule has 0 spiro atoms. The van der Waals surface area contributed by atoms with E-state index in [1.54, 1.807) is 5.38 Å². The lowest BCUT2D eigenvalue weighted by Gasteiger charge is -2.34. The van der Waals surface area contributed by atoms with Crippen LogP contribution in [0.4, 0.5) is 16.5 Å². The molecule has 0 aliphatic carbocycles. The van der Waals surface area contributed by atoms with Crippen molar-refractivity contribution >= 4 is 49.7 Å². The number of fused-ring (bicyclic) bond motifs is 1. The highest BCUT2D eigenvalue weighted by molar-refractivity contribution is 7.93. The highest BCUT2D eigenvalue weighted by Gasteiger charge is 2.43. The van der Waals surface area contributed by atoms with Gasteiger partial charge in [0.15, 0.2) is 5.13 Å². The molecule has 2 aliphatic heterocycles. The Morgan fingerprint density at radius 2 is 1.84 bits per heavy atom. The van der Waals surface area contributed by atoms with Crippen LogP contribution in [0.15, 0.2) is 65.0 Å². The van der Waals surface area contributed by atoms with E-state index in [0.717, 1.165) is 23.4 Å². The van der Waals surface area contributed by atoms with E-state index < -0.39 is 16.1 Å². The quantitative estimate of drug-likeness (QED) is 0.578. The van der Waals surface area contributed by atoms with E-state index in [4.69, 9.17) is 0 Å². The van der Waals surface area contributed by atoms with Gasteiger partial charge in [-0.3, -0.25) is 14.3 Å². The molecule has 1 unspecified atom stereocenters. The van der Waals surface area contributed by atoms with Crippen LogP contribution in [0.2, 0.25) is 0 Å². The third-order valence-corrected chi connectivity index (χ3v) is 7.88. The number of nitrogens with one attached hydrogen (secondary N) is 1. The van der Waals surface area contributed by atoms with E-state index in [1.807, 2.05) is 23.1 Å². The van der Waals surface area contributed by atoms with Crippen molar-refractivity contribution in [1.82, 2.24) is 4.98 Å². The number of carbonyl (C=O) groups is 2. The smallest absolute Gasteiger partial charge is 0.263 e. The van der Waals surface area contributed by atoms with Crippen molar-refractivity contribution in [3.05, 3.63) is 65.7 Å². The van der Waals surface area contributed by atoms with Crippen molar-refractivity contribution in [2.75, 3.05) is 21.1 Å². The van der Waals surface area contributed by atoms with E-state index in [2.05, 4.69) is 15.8 Å². The first-order chi connectivity index (χ1) is 15.4. The molecular formula is C22H20N4O4S2. The molecule has 10 heteroatoms. The summed E-state index contributed by atoms with van der Waals surface area (Å²) in [5.74, 6) is -0.581. The topological polar surface area (TPSA) is 99.7 Å². The summed E-state index contributed by atoms with van der Waals surface area (Å²) in [6.45, 7) is 0.716. The normalized spacial score (nSPS) is 18.7. The lowest BCUT2D eigenvalue weighted by Crippen LogP contribution is -2.44. The molecule has 3 heterocycles. The molecule has 2 aromatic carbocycles. The van der Waals surface area contributed by atoms with Crippen LogP contribution in [0.5, 0.6) is 0 Å². The molecule has 1 aromatic heterocycles. The number of anilines is 3. The summed E-state index contributed by atoms with van der Waals surface area (Å²) >= 11 is 1.17. The molecular weight excluding hydrogens is 448 g/mol. The van der Waals surface area contributed by atoms with Crippen LogP contribution < -0.4 is 14.5 Å². The molecule has 32 heavy (non-hydrogen) atoms. The average molecular weight is 469 g/mol. The Balaban J connectivity index is 1.38. The van der Waals surface area contributed by atoms with Crippen molar-refractivity contribution in [2.45, 2.75) is 30.2 Å². The highest BCUT2D eigenvalue weighted by atomic mass is 32.2. The van der Waals surface area contributed by atoms with Crippen molar-refractivity contribution < 1.29 is 18.0 Å². The van der Waals surface area contributed by atoms with Gasteiger partial charge in [-0.15, -0.1) is 11.3 Å². The summed E-state index contributed by atoms with van der Waals surface area (Å²) in [7, 11) is -3.81. The first kappa shape index (κ1) is 20.7. The Labute approximate surface area is 189 Å². The zero-order valence-corrected chi connectivity index (χ0v) is 18.6. The van der Waals surface area contributed by atoms with Gasteiger partial charge in [0.1, 0.15) is 6.04 Å².